The Bertz CT molecular complexity index is 926. The summed E-state index contributed by atoms with van der Waals surface area (Å²) in [5, 5.41) is 7.99. The van der Waals surface area contributed by atoms with Crippen LogP contribution in [0.3, 0.4) is 0 Å². The molecule has 0 saturated carbocycles. The first-order valence-corrected chi connectivity index (χ1v) is 8.14. The number of nitrogens with zero attached hydrogens (tertiary/aromatic N) is 4. The Labute approximate surface area is 129 Å². The third-order valence-corrected chi connectivity index (χ3v) is 4.71. The van der Waals surface area contributed by atoms with Crippen LogP contribution in [0.25, 0.3) is 16.6 Å². The fraction of sp³-hybridized carbons (Fsp3) is 0.286. The summed E-state index contributed by atoms with van der Waals surface area (Å²) >= 11 is 1.82. The maximum Gasteiger partial charge on any atom is 0.277 e. The van der Waals surface area contributed by atoms with Crippen molar-refractivity contribution in [2.45, 2.75) is 0 Å². The highest BCUT2D eigenvalue weighted by molar-refractivity contribution is 7.99. The number of thioether (sulfide) groups is 1. The molecule has 112 valence electrons. The summed E-state index contributed by atoms with van der Waals surface area (Å²) in [7, 11) is 0. The van der Waals surface area contributed by atoms with Gasteiger partial charge in [0, 0.05) is 24.6 Å². The second-order valence-corrected chi connectivity index (χ2v) is 6.30. The molecule has 0 unspecified atom stereocenters. The number of hydrogen-bond acceptors (Lipinski definition) is 5. The highest BCUT2D eigenvalue weighted by Gasteiger charge is 2.25. The van der Waals surface area contributed by atoms with Crippen molar-refractivity contribution in [3.8, 4) is 0 Å². The average Bonchev–Trinajstić information content (AvgIpc) is 3.01. The molecule has 0 atom stereocenters. The van der Waals surface area contributed by atoms with Crippen LogP contribution < -0.4 is 5.56 Å². The number of fused-ring (bicyclic) bond motifs is 3. The molecule has 0 bridgehead atoms. The Kier molecular flexibility index (Phi) is 3.11. The van der Waals surface area contributed by atoms with Crippen molar-refractivity contribution in [3.05, 3.63) is 40.3 Å². The van der Waals surface area contributed by atoms with Crippen molar-refractivity contribution in [2.24, 2.45) is 0 Å². The van der Waals surface area contributed by atoms with E-state index in [1.165, 1.54) is 4.52 Å². The summed E-state index contributed by atoms with van der Waals surface area (Å²) in [5.41, 5.74) is 1.37. The first-order chi connectivity index (χ1) is 10.8. The topological polar surface area (TPSA) is 83.4 Å². The van der Waals surface area contributed by atoms with E-state index < -0.39 is 0 Å². The van der Waals surface area contributed by atoms with Crippen LogP contribution in [-0.2, 0) is 0 Å². The predicted molar refractivity (Wildman–Crippen MR) is 84.3 cm³/mol. The van der Waals surface area contributed by atoms with E-state index in [1.807, 2.05) is 30.0 Å². The molecule has 8 heteroatoms. The van der Waals surface area contributed by atoms with E-state index in [9.17, 15) is 9.59 Å². The van der Waals surface area contributed by atoms with Crippen molar-refractivity contribution >= 4 is 34.2 Å². The van der Waals surface area contributed by atoms with Gasteiger partial charge in [0.15, 0.2) is 11.2 Å². The summed E-state index contributed by atoms with van der Waals surface area (Å²) in [4.78, 5) is 29.5. The molecule has 0 spiro atoms. The normalized spacial score (nSPS) is 15.5. The van der Waals surface area contributed by atoms with Crippen LogP contribution in [0.15, 0.2) is 29.1 Å². The van der Waals surface area contributed by atoms with Gasteiger partial charge in [0.25, 0.3) is 11.5 Å². The Morgan fingerprint density at radius 3 is 2.82 bits per heavy atom. The Balaban J connectivity index is 1.90. The maximum atomic E-state index is 12.6. The molecule has 4 rings (SSSR count). The van der Waals surface area contributed by atoms with Gasteiger partial charge < -0.3 is 9.88 Å². The molecule has 3 heterocycles. The van der Waals surface area contributed by atoms with Crippen molar-refractivity contribution in [3.63, 3.8) is 0 Å². The lowest BCUT2D eigenvalue weighted by molar-refractivity contribution is 0.0768. The molecule has 22 heavy (non-hydrogen) atoms. The molecule has 1 N–H and O–H groups in total. The number of para-hydroxylation sites is 2. The maximum absolute atomic E-state index is 12.6. The third-order valence-electron chi connectivity index (χ3n) is 3.77. The Morgan fingerprint density at radius 1 is 1.23 bits per heavy atom. The molecule has 1 aromatic carbocycles. The van der Waals surface area contributed by atoms with Gasteiger partial charge >= 0.3 is 0 Å². The Hall–Kier alpha value is -2.35. The number of nitrogens with one attached hydrogen (secondary N) is 1. The van der Waals surface area contributed by atoms with Crippen LogP contribution in [-0.4, -0.2) is 55.2 Å². The molecule has 1 aliphatic heterocycles. The highest BCUT2D eigenvalue weighted by atomic mass is 32.2. The molecular formula is C14H13N5O2S. The fourth-order valence-electron chi connectivity index (χ4n) is 2.66. The van der Waals surface area contributed by atoms with Gasteiger partial charge in [0.2, 0.25) is 0 Å². The number of aromatic nitrogens is 4. The first-order valence-electron chi connectivity index (χ1n) is 6.99. The van der Waals surface area contributed by atoms with Gasteiger partial charge in [0.05, 0.1) is 11.0 Å². The monoisotopic (exact) mass is 315 g/mol. The number of hydrogen-bond donors (Lipinski definition) is 1. The lowest BCUT2D eigenvalue weighted by atomic mass is 10.2. The smallest absolute Gasteiger partial charge is 0.277 e. The van der Waals surface area contributed by atoms with E-state index in [2.05, 4.69) is 15.3 Å². The summed E-state index contributed by atoms with van der Waals surface area (Å²) in [5.74, 6) is 1.59. The van der Waals surface area contributed by atoms with Gasteiger partial charge in [-0.15, -0.1) is 5.10 Å². The largest absolute Gasteiger partial charge is 0.336 e. The van der Waals surface area contributed by atoms with Crippen molar-refractivity contribution in [2.75, 3.05) is 24.6 Å². The van der Waals surface area contributed by atoms with Crippen LogP contribution in [0.5, 0.6) is 0 Å². The minimum atomic E-state index is -0.349. The number of carbonyl (C=O) groups is 1. The van der Waals surface area contributed by atoms with Crippen LogP contribution in [0, 0.1) is 0 Å². The van der Waals surface area contributed by atoms with E-state index in [0.717, 1.165) is 17.0 Å². The summed E-state index contributed by atoms with van der Waals surface area (Å²) in [6.07, 6.45) is 0. The quantitative estimate of drug-likeness (QED) is 0.717. The fourth-order valence-corrected chi connectivity index (χ4v) is 3.56. The van der Waals surface area contributed by atoms with E-state index in [1.54, 1.807) is 11.0 Å². The van der Waals surface area contributed by atoms with Crippen LogP contribution in [0.4, 0.5) is 0 Å². The molecule has 0 radical (unpaired) electrons. The van der Waals surface area contributed by atoms with E-state index in [0.29, 0.717) is 18.6 Å². The average molecular weight is 315 g/mol. The van der Waals surface area contributed by atoms with Gasteiger partial charge in [-0.25, -0.2) is 4.52 Å². The molecule has 1 fully saturated rings. The van der Waals surface area contributed by atoms with E-state index in [-0.39, 0.29) is 22.7 Å². The van der Waals surface area contributed by atoms with E-state index >= 15 is 0 Å². The van der Waals surface area contributed by atoms with E-state index in [4.69, 9.17) is 0 Å². The van der Waals surface area contributed by atoms with Gasteiger partial charge in [-0.3, -0.25) is 9.59 Å². The van der Waals surface area contributed by atoms with Crippen LogP contribution >= 0.6 is 11.8 Å². The van der Waals surface area contributed by atoms with Gasteiger partial charge in [-0.1, -0.05) is 17.3 Å². The number of H-pyrrole nitrogens is 1. The highest BCUT2D eigenvalue weighted by Crippen LogP contribution is 2.16. The number of carbonyl (C=O) groups excluding carboxylic acids is 1. The van der Waals surface area contributed by atoms with Gasteiger partial charge in [0.1, 0.15) is 0 Å². The van der Waals surface area contributed by atoms with Crippen molar-refractivity contribution in [1.29, 1.82) is 0 Å². The molecule has 7 nitrogen and oxygen atoms in total. The zero-order valence-electron chi connectivity index (χ0n) is 11.7. The second kappa shape index (κ2) is 5.13. The summed E-state index contributed by atoms with van der Waals surface area (Å²) < 4.78 is 1.44. The number of aromatic amines is 1. The third kappa shape index (κ3) is 1.98. The molecule has 1 aliphatic rings. The summed E-state index contributed by atoms with van der Waals surface area (Å²) in [6, 6.07) is 7.31. The molecule has 1 saturated heterocycles. The van der Waals surface area contributed by atoms with Crippen molar-refractivity contribution in [1.82, 2.24) is 24.7 Å². The lowest BCUT2D eigenvalue weighted by Gasteiger charge is -2.25. The Morgan fingerprint density at radius 2 is 2.00 bits per heavy atom. The molecule has 0 aliphatic carbocycles. The first kappa shape index (κ1) is 13.3. The summed E-state index contributed by atoms with van der Waals surface area (Å²) in [6.45, 7) is 1.35. The molecular weight excluding hydrogens is 302 g/mol. The zero-order chi connectivity index (χ0) is 15.1. The van der Waals surface area contributed by atoms with Crippen molar-refractivity contribution < 1.29 is 4.79 Å². The SMILES string of the molecule is O=C(c1nnn2c1c(=O)[nH]c1ccccc12)N1CCSCC1. The lowest BCUT2D eigenvalue weighted by Crippen LogP contribution is -2.38. The predicted octanol–water partition coefficient (Wildman–Crippen LogP) is 0.760. The van der Waals surface area contributed by atoms with Crippen LogP contribution in [0.2, 0.25) is 0 Å². The number of rotatable bonds is 1. The number of amides is 1. The minimum Gasteiger partial charge on any atom is -0.336 e. The van der Waals surface area contributed by atoms with Gasteiger partial charge in [-0.05, 0) is 12.1 Å². The minimum absolute atomic E-state index is 0.124. The second-order valence-electron chi connectivity index (χ2n) is 5.07. The van der Waals surface area contributed by atoms with Crippen LogP contribution in [0.1, 0.15) is 10.5 Å². The molecule has 3 aromatic rings. The molecule has 2 aromatic heterocycles. The zero-order valence-corrected chi connectivity index (χ0v) is 12.5. The van der Waals surface area contributed by atoms with Gasteiger partial charge in [-0.2, -0.15) is 11.8 Å². The molecule has 1 amide bonds. The standard InChI is InChI=1S/C14H13N5O2S/c20-13-12-11(14(21)18-5-7-22-8-6-18)16-17-19(12)10-4-2-1-3-9(10)15-13/h1-4H,5-8H2,(H,15,20). The number of benzene rings is 1.